The van der Waals surface area contributed by atoms with Crippen LogP contribution in [0.4, 0.5) is 0 Å². The van der Waals surface area contributed by atoms with Gasteiger partial charge >= 0.3 is 0 Å². The molecule has 0 saturated heterocycles. The van der Waals surface area contributed by atoms with Gasteiger partial charge in [0.1, 0.15) is 11.5 Å². The van der Waals surface area contributed by atoms with Gasteiger partial charge in [-0.1, -0.05) is 53.8 Å². The molecule has 3 rings (SSSR count). The Bertz CT molecular complexity index is 945. The first-order valence-corrected chi connectivity index (χ1v) is 13.0. The number of benzene rings is 2. The van der Waals surface area contributed by atoms with Crippen LogP contribution < -0.4 is 9.47 Å². The zero-order valence-corrected chi connectivity index (χ0v) is 21.9. The molecule has 0 heterocycles. The van der Waals surface area contributed by atoms with Gasteiger partial charge < -0.3 is 9.47 Å². The molecule has 2 aromatic carbocycles. The summed E-state index contributed by atoms with van der Waals surface area (Å²) in [7, 11) is 0. The molecule has 0 aliphatic heterocycles. The Kier molecular flexibility index (Phi) is 10.1. The van der Waals surface area contributed by atoms with E-state index in [9.17, 15) is 0 Å². The zero-order valence-electron chi connectivity index (χ0n) is 21.1. The van der Waals surface area contributed by atoms with Crippen molar-refractivity contribution in [2.24, 2.45) is 5.92 Å². The average molecular weight is 487 g/mol. The normalized spacial score (nSPS) is 18.8. The highest BCUT2D eigenvalue weighted by molar-refractivity contribution is 7.95. The molecule has 0 bridgehead atoms. The molecule has 6 heteroatoms. The lowest BCUT2D eigenvalue weighted by molar-refractivity contribution is -0.432. The van der Waals surface area contributed by atoms with Crippen LogP contribution in [-0.4, -0.2) is 23.7 Å². The van der Waals surface area contributed by atoms with E-state index in [1.807, 2.05) is 0 Å². The standard InChI is InChI=1S/C28H38O5S/c1-7-12-30-27-20(4)14-18(2)16-24(27)22(6)25-17-19(3)15-21(5)28(25)31-13-11-23-9-8-10-26(23)34-33-32-29/h1,14-17,22-23,26,29H,7-13H2,2-6H3. The molecule has 34 heavy (non-hydrogen) atoms. The van der Waals surface area contributed by atoms with E-state index in [1.54, 1.807) is 0 Å². The molecule has 1 N–H and O–H groups in total. The van der Waals surface area contributed by atoms with Crippen LogP contribution in [0, 0.1) is 40.5 Å². The van der Waals surface area contributed by atoms with Crippen LogP contribution in [0.3, 0.4) is 0 Å². The number of aryl methyl sites for hydroxylation is 4. The van der Waals surface area contributed by atoms with Crippen molar-refractivity contribution in [3.05, 3.63) is 64.6 Å². The predicted molar refractivity (Wildman–Crippen MR) is 137 cm³/mol. The molecule has 186 valence electrons. The van der Waals surface area contributed by atoms with E-state index in [1.165, 1.54) is 28.7 Å². The largest absolute Gasteiger partial charge is 0.493 e. The molecule has 1 aliphatic carbocycles. The van der Waals surface area contributed by atoms with Gasteiger partial charge in [-0.3, -0.25) is 0 Å². The third-order valence-corrected chi connectivity index (χ3v) is 7.72. The van der Waals surface area contributed by atoms with Crippen LogP contribution in [0.1, 0.15) is 78.3 Å². The maximum atomic E-state index is 8.49. The molecule has 0 spiro atoms. The fraction of sp³-hybridized carbons (Fsp3) is 0.536. The summed E-state index contributed by atoms with van der Waals surface area (Å²) in [6, 6.07) is 8.79. The van der Waals surface area contributed by atoms with Gasteiger partial charge in [0, 0.05) is 34.3 Å². The lowest BCUT2D eigenvalue weighted by Crippen LogP contribution is -2.15. The summed E-state index contributed by atoms with van der Waals surface area (Å²) in [5, 5.41) is 12.6. The summed E-state index contributed by atoms with van der Waals surface area (Å²) in [4.78, 5) is 0. The summed E-state index contributed by atoms with van der Waals surface area (Å²) in [5.41, 5.74) is 7.04. The summed E-state index contributed by atoms with van der Waals surface area (Å²) >= 11 is 1.21. The van der Waals surface area contributed by atoms with Gasteiger partial charge in [0.15, 0.2) is 0 Å². The minimum atomic E-state index is 0.102. The number of hydrogen-bond donors (Lipinski definition) is 1. The maximum Gasteiger partial charge on any atom is 0.126 e. The molecule has 3 unspecified atom stereocenters. The molecular weight excluding hydrogens is 448 g/mol. The summed E-state index contributed by atoms with van der Waals surface area (Å²) in [5.74, 6) is 2.46. The molecule has 2 radical (unpaired) electrons. The monoisotopic (exact) mass is 486 g/mol. The van der Waals surface area contributed by atoms with Crippen molar-refractivity contribution in [2.75, 3.05) is 13.2 Å². The minimum absolute atomic E-state index is 0.102. The topological polar surface area (TPSA) is 57.2 Å². The van der Waals surface area contributed by atoms with Crippen LogP contribution in [0.25, 0.3) is 0 Å². The summed E-state index contributed by atoms with van der Waals surface area (Å²) < 4.78 is 17.3. The highest BCUT2D eigenvalue weighted by atomic mass is 32.2. The van der Waals surface area contributed by atoms with E-state index in [0.29, 0.717) is 30.8 Å². The van der Waals surface area contributed by atoms with Gasteiger partial charge in [-0.05, 0) is 77.3 Å². The Morgan fingerprint density at radius 2 is 1.53 bits per heavy atom. The maximum absolute atomic E-state index is 8.49. The zero-order chi connectivity index (χ0) is 24.7. The molecule has 0 amide bonds. The lowest BCUT2D eigenvalue weighted by Gasteiger charge is -2.24. The Balaban J connectivity index is 1.83. The smallest absolute Gasteiger partial charge is 0.126 e. The number of ether oxygens (including phenoxy) is 2. The Labute approximate surface area is 209 Å². The first-order chi connectivity index (χ1) is 16.3. The van der Waals surface area contributed by atoms with E-state index in [-0.39, 0.29) is 5.92 Å². The lowest BCUT2D eigenvalue weighted by atomic mass is 9.87. The molecule has 1 saturated carbocycles. The van der Waals surface area contributed by atoms with Gasteiger partial charge in [0.05, 0.1) is 13.2 Å². The van der Waals surface area contributed by atoms with E-state index in [2.05, 4.69) is 63.9 Å². The Morgan fingerprint density at radius 1 is 0.941 bits per heavy atom. The van der Waals surface area contributed by atoms with Gasteiger partial charge in [-0.2, -0.15) is 0 Å². The van der Waals surface area contributed by atoms with Crippen molar-refractivity contribution in [3.8, 4) is 11.5 Å². The average Bonchev–Trinajstić information content (AvgIpc) is 3.24. The first-order valence-electron chi connectivity index (χ1n) is 12.2. The Hall–Kier alpha value is -1.73. The third-order valence-electron chi connectivity index (χ3n) is 6.71. The molecule has 0 aromatic heterocycles. The van der Waals surface area contributed by atoms with Crippen molar-refractivity contribution in [3.63, 3.8) is 0 Å². The molecule has 1 aliphatic rings. The highest BCUT2D eigenvalue weighted by Crippen LogP contribution is 2.41. The molecule has 3 atom stereocenters. The first kappa shape index (κ1) is 26.9. The van der Waals surface area contributed by atoms with Crippen molar-refractivity contribution in [1.82, 2.24) is 0 Å². The SMILES string of the molecule is [CH]CCOc1c(C)cc(C)cc1C(C)c1cc(C)cc(C)c1OCCC1CCCC1SOOO. The van der Waals surface area contributed by atoms with Gasteiger partial charge in [0.2, 0.25) is 0 Å². The minimum Gasteiger partial charge on any atom is -0.493 e. The molecular formula is C28H38O5S. The van der Waals surface area contributed by atoms with E-state index in [0.717, 1.165) is 53.9 Å². The fourth-order valence-electron chi connectivity index (χ4n) is 5.18. The van der Waals surface area contributed by atoms with E-state index < -0.39 is 0 Å². The summed E-state index contributed by atoms with van der Waals surface area (Å²) in [6.45, 7) is 17.5. The third kappa shape index (κ3) is 6.69. The predicted octanol–water partition coefficient (Wildman–Crippen LogP) is 7.56. The second kappa shape index (κ2) is 12.8. The van der Waals surface area contributed by atoms with Crippen LogP contribution in [0.15, 0.2) is 24.3 Å². The fourth-order valence-corrected chi connectivity index (χ4v) is 6.01. The highest BCUT2D eigenvalue weighted by Gasteiger charge is 2.29. The molecule has 2 aromatic rings. The van der Waals surface area contributed by atoms with Crippen molar-refractivity contribution in [2.45, 2.75) is 77.9 Å². The van der Waals surface area contributed by atoms with Gasteiger partial charge in [0.25, 0.3) is 0 Å². The van der Waals surface area contributed by atoms with Crippen LogP contribution in [0.2, 0.25) is 0 Å². The second-order valence-corrected chi connectivity index (χ2v) is 10.4. The summed E-state index contributed by atoms with van der Waals surface area (Å²) in [6.07, 6.45) is 4.76. The van der Waals surface area contributed by atoms with E-state index in [4.69, 9.17) is 26.0 Å². The molecule has 1 fully saturated rings. The van der Waals surface area contributed by atoms with Crippen LogP contribution in [-0.2, 0) is 9.37 Å². The van der Waals surface area contributed by atoms with Crippen molar-refractivity contribution in [1.29, 1.82) is 0 Å². The van der Waals surface area contributed by atoms with Crippen molar-refractivity contribution < 1.29 is 24.1 Å². The van der Waals surface area contributed by atoms with Crippen LogP contribution in [0.5, 0.6) is 11.5 Å². The second-order valence-electron chi connectivity index (χ2n) is 9.46. The number of rotatable bonds is 12. The van der Waals surface area contributed by atoms with Gasteiger partial charge in [-0.15, -0.1) is 4.33 Å². The van der Waals surface area contributed by atoms with Gasteiger partial charge in [-0.25, -0.2) is 5.26 Å². The van der Waals surface area contributed by atoms with Crippen molar-refractivity contribution >= 4 is 12.0 Å². The molecule has 5 nitrogen and oxygen atoms in total. The van der Waals surface area contributed by atoms with E-state index >= 15 is 0 Å². The van der Waals surface area contributed by atoms with Crippen LogP contribution >= 0.6 is 12.0 Å². The Morgan fingerprint density at radius 3 is 2.09 bits per heavy atom. The quantitative estimate of drug-likeness (QED) is 0.190. The number of hydrogen-bond acceptors (Lipinski definition) is 6.